The molecule has 0 atom stereocenters. The smallest absolute Gasteiger partial charge is 0.255 e. The molecule has 5 rings (SSSR count). The maximum absolute atomic E-state index is 12.7. The molecule has 2 N–H and O–H groups in total. The fraction of sp³-hybridized carbons (Fsp3) is 0.0370. The normalized spacial score (nSPS) is 10.7. The van der Waals surface area contributed by atoms with Crippen molar-refractivity contribution in [3.63, 3.8) is 0 Å². The Morgan fingerprint density at radius 3 is 2.48 bits per heavy atom. The van der Waals surface area contributed by atoms with E-state index >= 15 is 0 Å². The predicted molar refractivity (Wildman–Crippen MR) is 136 cm³/mol. The number of methoxy groups -OCH3 is 1. The number of benzene rings is 4. The molecular formula is C27H21N3O2S. The molecule has 1 aromatic heterocycles. The Hall–Kier alpha value is -4.16. The molecule has 5 nitrogen and oxygen atoms in total. The Balaban J connectivity index is 1.27. The number of anilines is 3. The largest absolute Gasteiger partial charge is 0.497 e. The number of fused-ring (bicyclic) bond motifs is 1. The van der Waals surface area contributed by atoms with Gasteiger partial charge in [0.15, 0.2) is 5.13 Å². The third-order valence-corrected chi connectivity index (χ3v) is 6.03. The van der Waals surface area contributed by atoms with Gasteiger partial charge in [0, 0.05) is 33.9 Å². The third kappa shape index (κ3) is 4.71. The van der Waals surface area contributed by atoms with Crippen LogP contribution in [0.3, 0.4) is 0 Å². The Bertz CT molecular complexity index is 1430. The van der Waals surface area contributed by atoms with Gasteiger partial charge in [-0.15, -0.1) is 11.3 Å². The van der Waals surface area contributed by atoms with Crippen molar-refractivity contribution >= 4 is 44.5 Å². The highest BCUT2D eigenvalue weighted by molar-refractivity contribution is 7.14. The highest BCUT2D eigenvalue weighted by Gasteiger charge is 2.09. The first kappa shape index (κ1) is 20.7. The molecule has 1 amide bonds. The van der Waals surface area contributed by atoms with Crippen LogP contribution in [0, 0.1) is 0 Å². The first-order chi connectivity index (χ1) is 16.2. The molecule has 0 aliphatic rings. The third-order valence-electron chi connectivity index (χ3n) is 5.28. The average Bonchev–Trinajstić information content (AvgIpc) is 3.32. The molecule has 0 bridgehead atoms. The average molecular weight is 452 g/mol. The van der Waals surface area contributed by atoms with Crippen LogP contribution in [0.15, 0.2) is 96.4 Å². The van der Waals surface area contributed by atoms with Crippen molar-refractivity contribution in [3.8, 4) is 17.0 Å². The van der Waals surface area contributed by atoms with Crippen LogP contribution in [0.25, 0.3) is 22.0 Å². The van der Waals surface area contributed by atoms with Crippen LogP contribution in [0.5, 0.6) is 5.75 Å². The van der Waals surface area contributed by atoms with Crippen LogP contribution in [-0.4, -0.2) is 18.0 Å². The van der Waals surface area contributed by atoms with Crippen LogP contribution in [0.1, 0.15) is 10.4 Å². The number of nitrogens with one attached hydrogen (secondary N) is 2. The highest BCUT2D eigenvalue weighted by atomic mass is 32.1. The summed E-state index contributed by atoms with van der Waals surface area (Å²) in [5.74, 6) is 0.657. The number of amides is 1. The van der Waals surface area contributed by atoms with E-state index in [1.165, 1.54) is 11.3 Å². The zero-order valence-corrected chi connectivity index (χ0v) is 18.7. The topological polar surface area (TPSA) is 63.2 Å². The number of aromatic nitrogens is 1. The van der Waals surface area contributed by atoms with Crippen molar-refractivity contribution in [1.82, 2.24) is 4.98 Å². The van der Waals surface area contributed by atoms with E-state index in [9.17, 15) is 4.79 Å². The lowest BCUT2D eigenvalue weighted by molar-refractivity contribution is 0.102. The van der Waals surface area contributed by atoms with Crippen molar-refractivity contribution < 1.29 is 9.53 Å². The van der Waals surface area contributed by atoms with Crippen LogP contribution in [0.4, 0.5) is 16.5 Å². The van der Waals surface area contributed by atoms with E-state index in [1.54, 1.807) is 7.11 Å². The maximum atomic E-state index is 12.7. The molecule has 0 saturated heterocycles. The minimum absolute atomic E-state index is 0.132. The van der Waals surface area contributed by atoms with E-state index in [0.29, 0.717) is 5.56 Å². The number of thiazole rings is 1. The number of hydrogen-bond donors (Lipinski definition) is 2. The van der Waals surface area contributed by atoms with Crippen LogP contribution >= 0.6 is 11.3 Å². The summed E-state index contributed by atoms with van der Waals surface area (Å²) in [6.45, 7) is 0. The van der Waals surface area contributed by atoms with Gasteiger partial charge in [-0.05, 0) is 47.2 Å². The number of rotatable bonds is 6. The van der Waals surface area contributed by atoms with Gasteiger partial charge >= 0.3 is 0 Å². The molecule has 0 aliphatic carbocycles. The lowest BCUT2D eigenvalue weighted by atomic mass is 10.1. The van der Waals surface area contributed by atoms with Gasteiger partial charge in [-0.2, -0.15) is 0 Å². The van der Waals surface area contributed by atoms with Gasteiger partial charge in [0.1, 0.15) is 5.75 Å². The van der Waals surface area contributed by atoms with Gasteiger partial charge in [0.25, 0.3) is 5.91 Å². The number of nitrogens with zero attached hydrogens (tertiary/aromatic N) is 1. The molecule has 6 heteroatoms. The monoisotopic (exact) mass is 451 g/mol. The molecular weight excluding hydrogens is 430 g/mol. The number of carbonyl (C=O) groups excluding carboxylic acids is 1. The summed E-state index contributed by atoms with van der Waals surface area (Å²) in [6, 6.07) is 29.1. The summed E-state index contributed by atoms with van der Waals surface area (Å²) in [4.78, 5) is 17.4. The van der Waals surface area contributed by atoms with Crippen LogP contribution < -0.4 is 15.4 Å². The van der Waals surface area contributed by atoms with Crippen molar-refractivity contribution in [1.29, 1.82) is 0 Å². The van der Waals surface area contributed by atoms with Crippen LogP contribution in [0.2, 0.25) is 0 Å². The van der Waals surface area contributed by atoms with Crippen molar-refractivity contribution in [3.05, 3.63) is 102 Å². The SMILES string of the molecule is COc1cccc(Nc2nc(-c3ccc(NC(=O)c4ccc5ccccc5c4)cc3)cs2)c1. The van der Waals surface area contributed by atoms with Gasteiger partial charge in [-0.1, -0.05) is 48.5 Å². The summed E-state index contributed by atoms with van der Waals surface area (Å²) in [6.07, 6.45) is 0. The van der Waals surface area contributed by atoms with Crippen LogP contribution in [-0.2, 0) is 0 Å². The van der Waals surface area contributed by atoms with Crippen molar-refractivity contribution in [2.45, 2.75) is 0 Å². The standard InChI is InChI=1S/C27H21N3O2S/c1-32-24-8-4-7-23(16-24)29-27-30-25(17-33-27)19-11-13-22(14-12-19)28-26(31)21-10-9-18-5-2-3-6-20(18)15-21/h2-17H,1H3,(H,28,31)(H,29,30). The predicted octanol–water partition coefficient (Wildman–Crippen LogP) is 6.97. The zero-order valence-electron chi connectivity index (χ0n) is 17.9. The second kappa shape index (κ2) is 9.14. The van der Waals surface area contributed by atoms with Crippen molar-refractivity contribution in [2.75, 3.05) is 17.7 Å². The molecule has 4 aromatic carbocycles. The van der Waals surface area contributed by atoms with Crippen molar-refractivity contribution in [2.24, 2.45) is 0 Å². The molecule has 0 aliphatic heterocycles. The molecule has 1 heterocycles. The summed E-state index contributed by atoms with van der Waals surface area (Å²) < 4.78 is 5.27. The number of hydrogen-bond acceptors (Lipinski definition) is 5. The minimum atomic E-state index is -0.132. The van der Waals surface area contributed by atoms with E-state index in [4.69, 9.17) is 4.74 Å². The first-order valence-electron chi connectivity index (χ1n) is 10.5. The van der Waals surface area contributed by atoms with E-state index in [2.05, 4.69) is 15.6 Å². The van der Waals surface area contributed by atoms with Gasteiger partial charge in [-0.25, -0.2) is 4.98 Å². The Morgan fingerprint density at radius 2 is 1.67 bits per heavy atom. The first-order valence-corrected chi connectivity index (χ1v) is 11.3. The summed E-state index contributed by atoms with van der Waals surface area (Å²) in [5, 5.41) is 11.2. The maximum Gasteiger partial charge on any atom is 0.255 e. The van der Waals surface area contributed by atoms with Gasteiger partial charge in [0.05, 0.1) is 12.8 Å². The molecule has 0 saturated carbocycles. The van der Waals surface area contributed by atoms with E-state index in [1.807, 2.05) is 96.4 Å². The lowest BCUT2D eigenvalue weighted by Gasteiger charge is -2.07. The van der Waals surface area contributed by atoms with Gasteiger partial charge in [-0.3, -0.25) is 4.79 Å². The quantitative estimate of drug-likeness (QED) is 0.293. The summed E-state index contributed by atoms with van der Waals surface area (Å²) >= 11 is 1.53. The molecule has 33 heavy (non-hydrogen) atoms. The second-order valence-corrected chi connectivity index (χ2v) is 8.35. The Kier molecular flexibility index (Phi) is 5.74. The Morgan fingerprint density at radius 1 is 0.848 bits per heavy atom. The number of ether oxygens (including phenoxy) is 1. The minimum Gasteiger partial charge on any atom is -0.497 e. The zero-order chi connectivity index (χ0) is 22.6. The molecule has 0 fully saturated rings. The fourth-order valence-electron chi connectivity index (χ4n) is 3.55. The summed E-state index contributed by atoms with van der Waals surface area (Å²) in [7, 11) is 1.65. The molecule has 0 radical (unpaired) electrons. The number of carbonyl (C=O) groups is 1. The van der Waals surface area contributed by atoms with Gasteiger partial charge in [0.2, 0.25) is 0 Å². The lowest BCUT2D eigenvalue weighted by Crippen LogP contribution is -2.11. The van der Waals surface area contributed by atoms with E-state index in [-0.39, 0.29) is 5.91 Å². The summed E-state index contributed by atoms with van der Waals surface area (Å²) in [5.41, 5.74) is 4.14. The highest BCUT2D eigenvalue weighted by Crippen LogP contribution is 2.29. The van der Waals surface area contributed by atoms with E-state index in [0.717, 1.165) is 44.3 Å². The second-order valence-electron chi connectivity index (χ2n) is 7.49. The molecule has 5 aromatic rings. The fourth-order valence-corrected chi connectivity index (χ4v) is 4.29. The molecule has 0 spiro atoms. The molecule has 0 unspecified atom stereocenters. The Labute approximate surface area is 195 Å². The van der Waals surface area contributed by atoms with E-state index < -0.39 is 0 Å². The van der Waals surface area contributed by atoms with Gasteiger partial charge < -0.3 is 15.4 Å². The molecule has 162 valence electrons.